The van der Waals surface area contributed by atoms with Gasteiger partial charge in [-0.15, -0.1) is 0 Å². The van der Waals surface area contributed by atoms with Crippen LogP contribution in [-0.4, -0.2) is 37.0 Å². The average molecular weight is 399 g/mol. The highest BCUT2D eigenvalue weighted by atomic mass is 16.7. The Labute approximate surface area is 174 Å². The Bertz CT molecular complexity index is 398. The molecule has 2 saturated heterocycles. The van der Waals surface area contributed by atoms with E-state index >= 15 is 0 Å². The summed E-state index contributed by atoms with van der Waals surface area (Å²) >= 11 is 0. The first kappa shape index (κ1) is 24.1. The maximum Gasteiger partial charge on any atom is 0.158 e. The summed E-state index contributed by atoms with van der Waals surface area (Å²) in [7, 11) is 0. The Morgan fingerprint density at radius 2 is 1.14 bits per heavy atom. The van der Waals surface area contributed by atoms with E-state index < -0.39 is 0 Å². The minimum absolute atomic E-state index is 0.00717. The monoisotopic (exact) mass is 398 g/mol. The lowest BCUT2D eigenvalue weighted by Gasteiger charge is -2.26. The summed E-state index contributed by atoms with van der Waals surface area (Å²) in [5.41, 5.74) is -0.0143. The van der Waals surface area contributed by atoms with Crippen LogP contribution in [0.5, 0.6) is 0 Å². The number of ether oxygens (including phenoxy) is 4. The Morgan fingerprint density at radius 3 is 1.50 bits per heavy atom. The molecule has 2 heterocycles. The minimum atomic E-state index is -0.0709. The van der Waals surface area contributed by atoms with Crippen LogP contribution in [0.25, 0.3) is 0 Å². The Kier molecular flexibility index (Phi) is 9.72. The number of hydrogen-bond donors (Lipinski definition) is 0. The molecule has 166 valence electrons. The third-order valence-electron chi connectivity index (χ3n) is 6.31. The van der Waals surface area contributed by atoms with Crippen LogP contribution in [0.4, 0.5) is 0 Å². The van der Waals surface area contributed by atoms with Crippen LogP contribution in [0.15, 0.2) is 0 Å². The third kappa shape index (κ3) is 8.69. The molecule has 2 fully saturated rings. The van der Waals surface area contributed by atoms with E-state index in [4.69, 9.17) is 18.9 Å². The molecular formula is C24H46O4. The molecule has 0 spiro atoms. The predicted octanol–water partition coefficient (Wildman–Crippen LogP) is 6.46. The maximum absolute atomic E-state index is 6.19. The quantitative estimate of drug-likeness (QED) is 0.333. The molecule has 2 rings (SSSR count). The average Bonchev–Trinajstić information content (AvgIpc) is 3.15. The first-order valence-corrected chi connectivity index (χ1v) is 11.8. The molecule has 2 aliphatic heterocycles. The lowest BCUT2D eigenvalue weighted by molar-refractivity contribution is -0.197. The van der Waals surface area contributed by atoms with Crippen molar-refractivity contribution in [2.45, 2.75) is 130 Å². The summed E-state index contributed by atoms with van der Waals surface area (Å²) in [4.78, 5) is 0. The highest BCUT2D eigenvalue weighted by molar-refractivity contribution is 4.83. The van der Waals surface area contributed by atoms with Gasteiger partial charge in [0.1, 0.15) is 0 Å². The van der Waals surface area contributed by atoms with E-state index in [1.807, 2.05) is 0 Å². The summed E-state index contributed by atoms with van der Waals surface area (Å²) in [6, 6.07) is 0. The highest BCUT2D eigenvalue weighted by Gasteiger charge is 2.37. The van der Waals surface area contributed by atoms with Gasteiger partial charge >= 0.3 is 0 Å². The van der Waals surface area contributed by atoms with E-state index in [1.54, 1.807) is 0 Å². The van der Waals surface area contributed by atoms with Gasteiger partial charge in [0, 0.05) is 12.8 Å². The van der Waals surface area contributed by atoms with Crippen molar-refractivity contribution in [3.8, 4) is 0 Å². The van der Waals surface area contributed by atoms with Gasteiger partial charge in [-0.25, -0.2) is 0 Å². The van der Waals surface area contributed by atoms with E-state index in [-0.39, 0.29) is 23.8 Å². The fourth-order valence-corrected chi connectivity index (χ4v) is 4.45. The predicted molar refractivity (Wildman–Crippen MR) is 114 cm³/mol. The van der Waals surface area contributed by atoms with Crippen molar-refractivity contribution < 1.29 is 18.9 Å². The molecule has 0 aromatic rings. The van der Waals surface area contributed by atoms with Gasteiger partial charge in [-0.05, 0) is 51.4 Å². The molecule has 0 N–H and O–H groups in total. The normalized spacial score (nSPS) is 33.4. The lowest BCUT2D eigenvalue weighted by atomic mass is 9.93. The van der Waals surface area contributed by atoms with Crippen molar-refractivity contribution in [1.82, 2.24) is 0 Å². The van der Waals surface area contributed by atoms with Crippen molar-refractivity contribution in [3.05, 3.63) is 0 Å². The van der Waals surface area contributed by atoms with Crippen molar-refractivity contribution in [2.75, 3.05) is 13.2 Å². The van der Waals surface area contributed by atoms with Crippen molar-refractivity contribution in [2.24, 2.45) is 11.8 Å². The fraction of sp³-hybridized carbons (Fsp3) is 1.00. The third-order valence-corrected chi connectivity index (χ3v) is 6.31. The summed E-state index contributed by atoms with van der Waals surface area (Å²) in [6.07, 6.45) is 11.3. The van der Waals surface area contributed by atoms with Gasteiger partial charge in [-0.1, -0.05) is 53.4 Å². The van der Waals surface area contributed by atoms with Crippen molar-refractivity contribution >= 4 is 0 Å². The molecule has 2 aliphatic rings. The molecule has 0 aliphatic carbocycles. The first-order chi connectivity index (χ1) is 13.2. The van der Waals surface area contributed by atoms with Crippen molar-refractivity contribution in [1.29, 1.82) is 0 Å². The second-order valence-electron chi connectivity index (χ2n) is 10.4. The topological polar surface area (TPSA) is 36.9 Å². The van der Waals surface area contributed by atoms with E-state index in [1.165, 1.54) is 25.7 Å². The standard InChI is InChI=1S/C24H46O4/c1-19(2)9-7-13-23(5)15-11-21(27-23)25-17-18-26-22-12-16-24(6,28-22)14-8-10-20(3)4/h19-22H,7-18H2,1-6H3. The van der Waals surface area contributed by atoms with Gasteiger partial charge in [0.05, 0.1) is 24.4 Å². The zero-order valence-corrected chi connectivity index (χ0v) is 19.4. The minimum Gasteiger partial charge on any atom is -0.350 e. The molecule has 4 unspecified atom stereocenters. The van der Waals surface area contributed by atoms with Crippen LogP contribution in [0, 0.1) is 11.8 Å². The highest BCUT2D eigenvalue weighted by Crippen LogP contribution is 2.36. The smallest absolute Gasteiger partial charge is 0.158 e. The van der Waals surface area contributed by atoms with Crippen LogP contribution in [0.1, 0.15) is 106 Å². The van der Waals surface area contributed by atoms with E-state index in [9.17, 15) is 0 Å². The summed E-state index contributed by atoms with van der Waals surface area (Å²) in [6.45, 7) is 14.8. The van der Waals surface area contributed by atoms with Gasteiger partial charge in [0.15, 0.2) is 12.6 Å². The molecular weight excluding hydrogens is 352 g/mol. The Hall–Kier alpha value is -0.160. The Balaban J connectivity index is 1.55. The SMILES string of the molecule is CC(C)CCCC1(C)CCC(OCCOC2CCC(C)(CCCC(C)C)O2)O1. The zero-order chi connectivity index (χ0) is 20.6. The van der Waals surface area contributed by atoms with E-state index in [2.05, 4.69) is 41.5 Å². The van der Waals surface area contributed by atoms with Gasteiger partial charge in [0.2, 0.25) is 0 Å². The molecule has 0 radical (unpaired) electrons. The molecule has 0 aromatic carbocycles. The van der Waals surface area contributed by atoms with Crippen LogP contribution in [0.2, 0.25) is 0 Å². The molecule has 0 saturated carbocycles. The van der Waals surface area contributed by atoms with Crippen LogP contribution < -0.4 is 0 Å². The molecule has 4 nitrogen and oxygen atoms in total. The number of hydrogen-bond acceptors (Lipinski definition) is 4. The lowest BCUT2D eigenvalue weighted by Crippen LogP contribution is -2.28. The zero-order valence-electron chi connectivity index (χ0n) is 19.4. The van der Waals surface area contributed by atoms with Crippen LogP contribution in [-0.2, 0) is 18.9 Å². The maximum atomic E-state index is 6.19. The molecule has 4 atom stereocenters. The number of rotatable bonds is 13. The van der Waals surface area contributed by atoms with Gasteiger partial charge < -0.3 is 18.9 Å². The molecule has 0 bridgehead atoms. The second-order valence-corrected chi connectivity index (χ2v) is 10.4. The largest absolute Gasteiger partial charge is 0.350 e. The molecule has 28 heavy (non-hydrogen) atoms. The first-order valence-electron chi connectivity index (χ1n) is 11.8. The van der Waals surface area contributed by atoms with Gasteiger partial charge in [-0.3, -0.25) is 0 Å². The van der Waals surface area contributed by atoms with Gasteiger partial charge in [0.25, 0.3) is 0 Å². The van der Waals surface area contributed by atoms with Crippen LogP contribution >= 0.6 is 0 Å². The van der Waals surface area contributed by atoms with E-state index in [0.29, 0.717) is 13.2 Å². The van der Waals surface area contributed by atoms with Gasteiger partial charge in [-0.2, -0.15) is 0 Å². The van der Waals surface area contributed by atoms with Crippen molar-refractivity contribution in [3.63, 3.8) is 0 Å². The molecule has 0 aromatic heterocycles. The van der Waals surface area contributed by atoms with Crippen LogP contribution in [0.3, 0.4) is 0 Å². The summed E-state index contributed by atoms with van der Waals surface area (Å²) in [5.74, 6) is 1.54. The fourth-order valence-electron chi connectivity index (χ4n) is 4.45. The van der Waals surface area contributed by atoms with E-state index in [0.717, 1.165) is 50.4 Å². The summed E-state index contributed by atoms with van der Waals surface area (Å²) in [5, 5.41) is 0. The molecule has 4 heteroatoms. The second kappa shape index (κ2) is 11.3. The summed E-state index contributed by atoms with van der Waals surface area (Å²) < 4.78 is 24.2. The molecule has 0 amide bonds. The Morgan fingerprint density at radius 1 is 0.750 bits per heavy atom.